The van der Waals surface area contributed by atoms with E-state index in [1.54, 1.807) is 0 Å². The maximum absolute atomic E-state index is 12.0. The van der Waals surface area contributed by atoms with Gasteiger partial charge in [0.2, 0.25) is 0 Å². The van der Waals surface area contributed by atoms with Crippen LogP contribution in [0.5, 0.6) is 0 Å². The van der Waals surface area contributed by atoms with Crippen LogP contribution in [-0.2, 0) is 9.53 Å². The number of Topliss-reactive ketones (excluding diaryl/α,β-unsaturated/α-hetero) is 1. The summed E-state index contributed by atoms with van der Waals surface area (Å²) in [4.78, 5) is 12.0. The molecule has 1 heterocycles. The Morgan fingerprint density at radius 1 is 1.40 bits per heavy atom. The number of nitrogens with two attached hydrogens (primary N) is 1. The number of carbonyl (C=O) groups is 1. The molecule has 0 radical (unpaired) electrons. The van der Waals surface area contributed by atoms with Gasteiger partial charge < -0.3 is 10.5 Å². The Morgan fingerprint density at radius 3 is 2.67 bits per heavy atom. The molecule has 15 heavy (non-hydrogen) atoms. The zero-order chi connectivity index (χ0) is 10.7. The van der Waals surface area contributed by atoms with Gasteiger partial charge in [0.05, 0.1) is 6.61 Å². The number of hydrogen-bond donors (Lipinski definition) is 1. The largest absolute Gasteiger partial charge is 0.381 e. The first-order valence-electron chi connectivity index (χ1n) is 6.06. The van der Waals surface area contributed by atoms with E-state index < -0.39 is 0 Å². The van der Waals surface area contributed by atoms with Crippen molar-refractivity contribution in [3.63, 3.8) is 0 Å². The molecule has 0 amide bonds. The van der Waals surface area contributed by atoms with E-state index in [9.17, 15) is 4.79 Å². The summed E-state index contributed by atoms with van der Waals surface area (Å²) >= 11 is 0. The van der Waals surface area contributed by atoms with Crippen LogP contribution in [0.4, 0.5) is 0 Å². The Balaban J connectivity index is 1.85. The maximum Gasteiger partial charge on any atom is 0.138 e. The molecular formula is C12H21NO2. The monoisotopic (exact) mass is 211 g/mol. The molecule has 86 valence electrons. The summed E-state index contributed by atoms with van der Waals surface area (Å²) < 4.78 is 5.35. The Kier molecular flexibility index (Phi) is 3.42. The van der Waals surface area contributed by atoms with E-state index in [-0.39, 0.29) is 11.3 Å². The van der Waals surface area contributed by atoms with Crippen molar-refractivity contribution < 1.29 is 9.53 Å². The van der Waals surface area contributed by atoms with Crippen LogP contribution in [0.2, 0.25) is 0 Å². The molecule has 0 bridgehead atoms. The van der Waals surface area contributed by atoms with E-state index >= 15 is 0 Å². The molecule has 1 unspecified atom stereocenters. The molecule has 2 rings (SSSR count). The van der Waals surface area contributed by atoms with Gasteiger partial charge in [0.1, 0.15) is 5.78 Å². The van der Waals surface area contributed by atoms with E-state index in [2.05, 4.69) is 0 Å². The van der Waals surface area contributed by atoms with E-state index in [1.165, 1.54) is 6.42 Å². The van der Waals surface area contributed by atoms with Gasteiger partial charge in [0, 0.05) is 18.9 Å². The first-order valence-corrected chi connectivity index (χ1v) is 6.06. The first kappa shape index (κ1) is 11.1. The molecule has 0 spiro atoms. The van der Waals surface area contributed by atoms with E-state index in [0.717, 1.165) is 32.3 Å². The average Bonchev–Trinajstić information content (AvgIpc) is 2.24. The van der Waals surface area contributed by atoms with Crippen LogP contribution in [0, 0.1) is 11.3 Å². The minimum absolute atomic E-state index is 0.155. The number of ketones is 1. The number of ether oxygens (including phenoxy) is 1. The molecule has 1 aliphatic carbocycles. The van der Waals surface area contributed by atoms with Crippen LogP contribution >= 0.6 is 0 Å². The van der Waals surface area contributed by atoms with Crippen molar-refractivity contribution in [3.8, 4) is 0 Å². The minimum atomic E-state index is 0.155. The molecule has 0 aromatic rings. The molecule has 2 fully saturated rings. The van der Waals surface area contributed by atoms with Gasteiger partial charge in [-0.3, -0.25) is 4.79 Å². The average molecular weight is 211 g/mol. The smallest absolute Gasteiger partial charge is 0.138 e. The van der Waals surface area contributed by atoms with Crippen LogP contribution in [0.15, 0.2) is 0 Å². The molecule has 0 aromatic heterocycles. The lowest BCUT2D eigenvalue weighted by Crippen LogP contribution is -2.41. The third-order valence-corrected chi connectivity index (χ3v) is 4.01. The minimum Gasteiger partial charge on any atom is -0.381 e. The second-order valence-corrected chi connectivity index (χ2v) is 5.11. The summed E-state index contributed by atoms with van der Waals surface area (Å²) in [5, 5.41) is 0. The number of carbonyl (C=O) groups excluding carboxylic acids is 1. The highest BCUT2D eigenvalue weighted by Crippen LogP contribution is 2.43. The predicted molar refractivity (Wildman–Crippen MR) is 58.5 cm³/mol. The summed E-state index contributed by atoms with van der Waals surface area (Å²) in [5.74, 6) is 0.544. The van der Waals surface area contributed by atoms with Crippen molar-refractivity contribution in [1.29, 1.82) is 0 Å². The topological polar surface area (TPSA) is 52.3 Å². The van der Waals surface area contributed by atoms with Crippen LogP contribution < -0.4 is 5.73 Å². The lowest BCUT2D eigenvalue weighted by molar-refractivity contribution is -0.130. The highest BCUT2D eigenvalue weighted by molar-refractivity contribution is 5.82. The van der Waals surface area contributed by atoms with Crippen molar-refractivity contribution >= 4 is 5.78 Å². The van der Waals surface area contributed by atoms with Gasteiger partial charge in [-0.1, -0.05) is 6.42 Å². The van der Waals surface area contributed by atoms with Crippen molar-refractivity contribution in [2.24, 2.45) is 17.1 Å². The molecule has 3 nitrogen and oxygen atoms in total. The molecule has 2 aliphatic rings. The zero-order valence-electron chi connectivity index (χ0n) is 9.34. The second-order valence-electron chi connectivity index (χ2n) is 5.11. The Bertz CT molecular complexity index is 224. The number of rotatable bonds is 4. The molecule has 2 N–H and O–H groups in total. The predicted octanol–water partition coefficient (Wildman–Crippen LogP) is 1.50. The zero-order valence-corrected chi connectivity index (χ0v) is 9.34. The van der Waals surface area contributed by atoms with Gasteiger partial charge in [-0.05, 0) is 37.6 Å². The van der Waals surface area contributed by atoms with Crippen molar-refractivity contribution in [2.45, 2.75) is 38.5 Å². The summed E-state index contributed by atoms with van der Waals surface area (Å²) in [6.45, 7) is 2.14. The number of hydrogen-bond acceptors (Lipinski definition) is 3. The summed E-state index contributed by atoms with van der Waals surface area (Å²) in [5.41, 5.74) is 5.92. The summed E-state index contributed by atoms with van der Waals surface area (Å²) in [6, 6.07) is 0. The Labute approximate surface area is 91.4 Å². The van der Waals surface area contributed by atoms with Crippen LogP contribution in [0.1, 0.15) is 38.5 Å². The Hall–Kier alpha value is -0.410. The standard InChI is InChI=1S/C12H21NO2/c13-9-12(4-2-5-12)7-11(14)10-3-1-6-15-8-10/h10H,1-9,13H2. The quantitative estimate of drug-likeness (QED) is 0.766. The molecule has 1 saturated heterocycles. The lowest BCUT2D eigenvalue weighted by atomic mass is 9.65. The maximum atomic E-state index is 12.0. The third-order valence-electron chi connectivity index (χ3n) is 4.01. The fourth-order valence-corrected chi connectivity index (χ4v) is 2.64. The molecule has 1 aliphatic heterocycles. The Morgan fingerprint density at radius 2 is 2.20 bits per heavy atom. The fraction of sp³-hybridized carbons (Fsp3) is 0.917. The van der Waals surface area contributed by atoms with Crippen LogP contribution in [0.3, 0.4) is 0 Å². The van der Waals surface area contributed by atoms with Gasteiger partial charge in [-0.2, -0.15) is 0 Å². The molecular weight excluding hydrogens is 190 g/mol. The summed E-state index contributed by atoms with van der Waals surface area (Å²) in [7, 11) is 0. The third kappa shape index (κ3) is 2.40. The van der Waals surface area contributed by atoms with E-state index in [4.69, 9.17) is 10.5 Å². The molecule has 1 saturated carbocycles. The van der Waals surface area contributed by atoms with Crippen molar-refractivity contribution in [1.82, 2.24) is 0 Å². The highest BCUT2D eigenvalue weighted by atomic mass is 16.5. The van der Waals surface area contributed by atoms with Gasteiger partial charge in [-0.15, -0.1) is 0 Å². The normalized spacial score (nSPS) is 29.5. The highest BCUT2D eigenvalue weighted by Gasteiger charge is 2.39. The van der Waals surface area contributed by atoms with Gasteiger partial charge >= 0.3 is 0 Å². The van der Waals surface area contributed by atoms with Crippen LogP contribution in [-0.4, -0.2) is 25.5 Å². The van der Waals surface area contributed by atoms with E-state index in [0.29, 0.717) is 25.4 Å². The molecule has 1 atom stereocenters. The van der Waals surface area contributed by atoms with Crippen LogP contribution in [0.25, 0.3) is 0 Å². The fourth-order valence-electron chi connectivity index (χ4n) is 2.64. The first-order chi connectivity index (χ1) is 7.26. The van der Waals surface area contributed by atoms with Gasteiger partial charge in [0.25, 0.3) is 0 Å². The lowest BCUT2D eigenvalue weighted by Gasteiger charge is -2.41. The second kappa shape index (κ2) is 4.62. The van der Waals surface area contributed by atoms with Crippen molar-refractivity contribution in [2.75, 3.05) is 19.8 Å². The van der Waals surface area contributed by atoms with Gasteiger partial charge in [0.15, 0.2) is 0 Å². The molecule has 0 aromatic carbocycles. The summed E-state index contributed by atoms with van der Waals surface area (Å²) in [6.07, 6.45) is 6.26. The van der Waals surface area contributed by atoms with Gasteiger partial charge in [-0.25, -0.2) is 0 Å². The molecule has 3 heteroatoms. The SMILES string of the molecule is NCC1(CC(=O)C2CCCOC2)CCC1. The van der Waals surface area contributed by atoms with E-state index in [1.807, 2.05) is 0 Å². The van der Waals surface area contributed by atoms with Crippen molar-refractivity contribution in [3.05, 3.63) is 0 Å².